The van der Waals surface area contributed by atoms with Gasteiger partial charge >= 0.3 is 0 Å². The fraction of sp³-hybridized carbons (Fsp3) is 0.778. The molecular formula is C9H17N5O. The first-order valence-electron chi connectivity index (χ1n) is 5.16. The lowest BCUT2D eigenvalue weighted by atomic mass is 10.2. The van der Waals surface area contributed by atoms with Crippen molar-refractivity contribution in [1.29, 1.82) is 0 Å². The highest BCUT2D eigenvalue weighted by Crippen LogP contribution is 2.07. The summed E-state index contributed by atoms with van der Waals surface area (Å²) in [5.74, 6) is 0.979. The van der Waals surface area contributed by atoms with Crippen molar-refractivity contribution in [3.63, 3.8) is 0 Å². The van der Waals surface area contributed by atoms with Gasteiger partial charge in [-0.15, -0.1) is 10.2 Å². The van der Waals surface area contributed by atoms with Crippen molar-refractivity contribution in [2.45, 2.75) is 12.6 Å². The smallest absolute Gasteiger partial charge is 0.146 e. The number of nitrogens with zero attached hydrogens (tertiary/aromatic N) is 4. The monoisotopic (exact) mass is 211 g/mol. The molecule has 1 aromatic rings. The van der Waals surface area contributed by atoms with E-state index >= 15 is 0 Å². The fourth-order valence-electron chi connectivity index (χ4n) is 1.72. The third-order valence-corrected chi connectivity index (χ3v) is 2.66. The lowest BCUT2D eigenvalue weighted by molar-refractivity contribution is -0.0270. The first-order chi connectivity index (χ1) is 7.29. The number of hydrogen-bond donors (Lipinski definition) is 1. The first-order valence-corrected chi connectivity index (χ1v) is 5.16. The summed E-state index contributed by atoms with van der Waals surface area (Å²) in [6.07, 6.45) is 1.88. The summed E-state index contributed by atoms with van der Waals surface area (Å²) < 4.78 is 7.43. The third-order valence-electron chi connectivity index (χ3n) is 2.66. The van der Waals surface area contributed by atoms with E-state index in [9.17, 15) is 0 Å². The van der Waals surface area contributed by atoms with Gasteiger partial charge in [0.15, 0.2) is 0 Å². The number of ether oxygens (including phenoxy) is 1. The van der Waals surface area contributed by atoms with Crippen LogP contribution in [-0.4, -0.2) is 52.0 Å². The molecule has 0 aromatic carbocycles. The second kappa shape index (κ2) is 4.69. The maximum atomic E-state index is 5.58. The van der Waals surface area contributed by atoms with E-state index in [0.717, 1.165) is 32.1 Å². The Morgan fingerprint density at radius 2 is 2.53 bits per heavy atom. The molecule has 1 aromatic heterocycles. The van der Waals surface area contributed by atoms with Crippen LogP contribution >= 0.6 is 0 Å². The predicted octanol–water partition coefficient (Wildman–Crippen LogP) is -1.03. The zero-order valence-corrected chi connectivity index (χ0v) is 8.96. The average Bonchev–Trinajstić information content (AvgIpc) is 2.65. The highest BCUT2D eigenvalue weighted by atomic mass is 16.5. The molecule has 1 fully saturated rings. The first kappa shape index (κ1) is 10.5. The van der Waals surface area contributed by atoms with Gasteiger partial charge in [0, 0.05) is 26.7 Å². The zero-order chi connectivity index (χ0) is 10.7. The Kier molecular flexibility index (Phi) is 3.30. The number of aromatic nitrogens is 3. The van der Waals surface area contributed by atoms with Gasteiger partial charge in [0.1, 0.15) is 12.2 Å². The van der Waals surface area contributed by atoms with Crippen LogP contribution in [0.1, 0.15) is 5.82 Å². The van der Waals surface area contributed by atoms with Gasteiger partial charge in [0.2, 0.25) is 0 Å². The van der Waals surface area contributed by atoms with Gasteiger partial charge < -0.3 is 15.0 Å². The molecule has 0 spiro atoms. The van der Waals surface area contributed by atoms with Crippen LogP contribution in [0.25, 0.3) is 0 Å². The van der Waals surface area contributed by atoms with Crippen LogP contribution in [0.15, 0.2) is 6.33 Å². The van der Waals surface area contributed by atoms with Crippen LogP contribution in [-0.2, 0) is 18.3 Å². The van der Waals surface area contributed by atoms with Crippen molar-refractivity contribution in [1.82, 2.24) is 19.7 Å². The third kappa shape index (κ3) is 2.53. The molecule has 0 saturated carbocycles. The summed E-state index contributed by atoms with van der Waals surface area (Å²) >= 11 is 0. The molecule has 84 valence electrons. The highest BCUT2D eigenvalue weighted by molar-refractivity contribution is 4.86. The van der Waals surface area contributed by atoms with Gasteiger partial charge in [-0.1, -0.05) is 0 Å². The predicted molar refractivity (Wildman–Crippen MR) is 55.1 cm³/mol. The van der Waals surface area contributed by atoms with Crippen LogP contribution in [0, 0.1) is 0 Å². The maximum Gasteiger partial charge on any atom is 0.146 e. The number of rotatable bonds is 3. The van der Waals surface area contributed by atoms with Crippen LogP contribution < -0.4 is 5.73 Å². The Morgan fingerprint density at radius 3 is 3.20 bits per heavy atom. The Balaban J connectivity index is 1.92. The molecule has 0 aliphatic carbocycles. The normalized spacial score (nSPS) is 23.2. The van der Waals surface area contributed by atoms with Gasteiger partial charge in [-0.3, -0.25) is 4.90 Å². The molecule has 2 N–H and O–H groups in total. The highest BCUT2D eigenvalue weighted by Gasteiger charge is 2.20. The fourth-order valence-corrected chi connectivity index (χ4v) is 1.72. The topological polar surface area (TPSA) is 69.2 Å². The zero-order valence-electron chi connectivity index (χ0n) is 8.96. The molecule has 6 heteroatoms. The Bertz CT molecular complexity index is 313. The van der Waals surface area contributed by atoms with Gasteiger partial charge in [-0.25, -0.2) is 0 Å². The number of nitrogens with two attached hydrogens (primary N) is 1. The second-order valence-electron chi connectivity index (χ2n) is 3.82. The minimum atomic E-state index is 0.159. The van der Waals surface area contributed by atoms with Crippen LogP contribution in [0.5, 0.6) is 0 Å². The van der Waals surface area contributed by atoms with Crippen molar-refractivity contribution in [3.8, 4) is 0 Å². The van der Waals surface area contributed by atoms with Gasteiger partial charge in [-0.05, 0) is 0 Å². The molecule has 0 bridgehead atoms. The van der Waals surface area contributed by atoms with E-state index in [4.69, 9.17) is 10.5 Å². The second-order valence-corrected chi connectivity index (χ2v) is 3.82. The van der Waals surface area contributed by atoms with E-state index in [-0.39, 0.29) is 6.10 Å². The standard InChI is InChI=1S/C9H17N5O/c1-13-7-11-12-9(13)6-14-2-3-15-8(4-10)5-14/h7-8H,2-6,10H2,1H3. The Morgan fingerprint density at radius 1 is 1.67 bits per heavy atom. The number of morpholine rings is 1. The summed E-state index contributed by atoms with van der Waals surface area (Å²) in [5, 5.41) is 7.92. The largest absolute Gasteiger partial charge is 0.374 e. The van der Waals surface area contributed by atoms with Crippen LogP contribution in [0.4, 0.5) is 0 Å². The van der Waals surface area contributed by atoms with Crippen LogP contribution in [0.2, 0.25) is 0 Å². The van der Waals surface area contributed by atoms with E-state index in [1.165, 1.54) is 0 Å². The lowest BCUT2D eigenvalue weighted by Crippen LogP contribution is -2.45. The summed E-state index contributed by atoms with van der Waals surface area (Å²) in [6, 6.07) is 0. The van der Waals surface area contributed by atoms with E-state index in [0.29, 0.717) is 6.54 Å². The van der Waals surface area contributed by atoms with E-state index in [1.54, 1.807) is 6.33 Å². The van der Waals surface area contributed by atoms with Gasteiger partial charge in [0.05, 0.1) is 19.3 Å². The molecule has 1 atom stereocenters. The molecule has 1 aliphatic rings. The molecule has 2 heterocycles. The van der Waals surface area contributed by atoms with E-state index < -0.39 is 0 Å². The quantitative estimate of drug-likeness (QED) is 0.692. The maximum absolute atomic E-state index is 5.58. The molecule has 1 unspecified atom stereocenters. The molecule has 2 rings (SSSR count). The lowest BCUT2D eigenvalue weighted by Gasteiger charge is -2.31. The minimum absolute atomic E-state index is 0.159. The summed E-state index contributed by atoms with van der Waals surface area (Å²) in [4.78, 5) is 2.30. The molecule has 15 heavy (non-hydrogen) atoms. The molecule has 6 nitrogen and oxygen atoms in total. The van der Waals surface area contributed by atoms with Crippen molar-refractivity contribution in [2.24, 2.45) is 12.8 Å². The van der Waals surface area contributed by atoms with Crippen molar-refractivity contribution in [3.05, 3.63) is 12.2 Å². The molecule has 1 aliphatic heterocycles. The number of aryl methyl sites for hydroxylation is 1. The SMILES string of the molecule is Cn1cnnc1CN1CCOC(CN)C1. The Labute approximate surface area is 89.0 Å². The molecule has 1 saturated heterocycles. The van der Waals surface area contributed by atoms with E-state index in [2.05, 4.69) is 15.1 Å². The van der Waals surface area contributed by atoms with Crippen molar-refractivity contribution < 1.29 is 4.74 Å². The van der Waals surface area contributed by atoms with Crippen molar-refractivity contribution in [2.75, 3.05) is 26.2 Å². The summed E-state index contributed by atoms with van der Waals surface area (Å²) in [6.45, 7) is 3.96. The summed E-state index contributed by atoms with van der Waals surface area (Å²) in [7, 11) is 1.95. The van der Waals surface area contributed by atoms with E-state index in [1.807, 2.05) is 11.6 Å². The molecule has 0 amide bonds. The molecule has 0 radical (unpaired) electrons. The average molecular weight is 211 g/mol. The van der Waals surface area contributed by atoms with Gasteiger partial charge in [-0.2, -0.15) is 0 Å². The summed E-state index contributed by atoms with van der Waals surface area (Å²) in [5.41, 5.74) is 5.58. The minimum Gasteiger partial charge on any atom is -0.374 e. The molecular weight excluding hydrogens is 194 g/mol. The Hall–Kier alpha value is -0.980. The van der Waals surface area contributed by atoms with Crippen molar-refractivity contribution >= 4 is 0 Å². The van der Waals surface area contributed by atoms with Crippen LogP contribution in [0.3, 0.4) is 0 Å². The number of hydrogen-bond acceptors (Lipinski definition) is 5. The van der Waals surface area contributed by atoms with Gasteiger partial charge in [0.25, 0.3) is 0 Å².